The van der Waals surface area contributed by atoms with Gasteiger partial charge < -0.3 is 20.3 Å². The number of hydrogen-bond donors (Lipinski definition) is 2. The third-order valence-electron chi connectivity index (χ3n) is 5.93. The molecule has 0 saturated carbocycles. The standard InChI is InChI=1S/C24H35N5O4/c1-6-33-22(30)20-19(15-28-11-13-29(14-12-28)24(32)25-16(2)3)27(5)23(31)26-21(20)18-9-7-17(4)8-10-18/h7-10,16,21H,6,11-15H2,1-5H3,(H,25,32)(H,26,31). The highest BCUT2D eigenvalue weighted by Gasteiger charge is 2.37. The Balaban J connectivity index is 1.86. The lowest BCUT2D eigenvalue weighted by Gasteiger charge is -2.39. The fraction of sp³-hybridized carbons (Fsp3) is 0.542. The van der Waals surface area contributed by atoms with E-state index in [1.807, 2.05) is 45.0 Å². The number of nitrogens with zero attached hydrogens (tertiary/aromatic N) is 3. The van der Waals surface area contributed by atoms with Gasteiger partial charge in [0.05, 0.1) is 18.2 Å². The van der Waals surface area contributed by atoms with Gasteiger partial charge >= 0.3 is 18.0 Å². The number of likely N-dealkylation sites (N-methyl/N-ethyl adjacent to an activating group) is 1. The maximum atomic E-state index is 13.1. The van der Waals surface area contributed by atoms with Gasteiger partial charge in [-0.3, -0.25) is 9.80 Å². The van der Waals surface area contributed by atoms with E-state index in [0.29, 0.717) is 44.0 Å². The molecule has 0 bridgehead atoms. The van der Waals surface area contributed by atoms with Gasteiger partial charge in [0.25, 0.3) is 0 Å². The van der Waals surface area contributed by atoms with Crippen molar-refractivity contribution in [1.82, 2.24) is 25.3 Å². The fourth-order valence-electron chi connectivity index (χ4n) is 4.07. The highest BCUT2D eigenvalue weighted by atomic mass is 16.5. The van der Waals surface area contributed by atoms with Crippen molar-refractivity contribution in [3.63, 3.8) is 0 Å². The molecule has 2 heterocycles. The highest BCUT2D eigenvalue weighted by molar-refractivity contribution is 5.95. The van der Waals surface area contributed by atoms with E-state index in [0.717, 1.165) is 11.1 Å². The van der Waals surface area contributed by atoms with Gasteiger partial charge in [-0.1, -0.05) is 29.8 Å². The number of carbonyl (C=O) groups is 3. The molecule has 2 aliphatic rings. The summed E-state index contributed by atoms with van der Waals surface area (Å²) in [7, 11) is 1.67. The van der Waals surface area contributed by atoms with Crippen LogP contribution in [0.5, 0.6) is 0 Å². The molecule has 0 spiro atoms. The van der Waals surface area contributed by atoms with E-state index in [-0.39, 0.29) is 24.7 Å². The van der Waals surface area contributed by atoms with Crippen LogP contribution in [0.3, 0.4) is 0 Å². The first-order valence-electron chi connectivity index (χ1n) is 11.5. The quantitative estimate of drug-likeness (QED) is 0.639. The molecule has 2 aliphatic heterocycles. The molecule has 1 aromatic rings. The van der Waals surface area contributed by atoms with Crippen molar-refractivity contribution in [1.29, 1.82) is 0 Å². The van der Waals surface area contributed by atoms with Crippen LogP contribution in [0.25, 0.3) is 0 Å². The van der Waals surface area contributed by atoms with Gasteiger partial charge in [0, 0.05) is 51.5 Å². The lowest BCUT2D eigenvalue weighted by molar-refractivity contribution is -0.139. The third kappa shape index (κ3) is 5.84. The van der Waals surface area contributed by atoms with Crippen molar-refractivity contribution >= 4 is 18.0 Å². The number of ether oxygens (including phenoxy) is 1. The number of hydrogen-bond acceptors (Lipinski definition) is 5. The second-order valence-corrected chi connectivity index (χ2v) is 8.80. The molecular weight excluding hydrogens is 422 g/mol. The lowest BCUT2D eigenvalue weighted by atomic mass is 9.93. The molecule has 0 radical (unpaired) electrons. The normalized spacial score (nSPS) is 19.6. The molecule has 180 valence electrons. The number of carbonyl (C=O) groups excluding carboxylic acids is 3. The number of nitrogens with one attached hydrogen (secondary N) is 2. The minimum absolute atomic E-state index is 0.0651. The summed E-state index contributed by atoms with van der Waals surface area (Å²) in [6.45, 7) is 10.8. The maximum absolute atomic E-state index is 13.1. The summed E-state index contributed by atoms with van der Waals surface area (Å²) in [6, 6.07) is 6.95. The summed E-state index contributed by atoms with van der Waals surface area (Å²) in [6.07, 6.45) is 0. The van der Waals surface area contributed by atoms with Gasteiger partial charge in [-0.25, -0.2) is 14.4 Å². The van der Waals surface area contributed by atoms with Crippen molar-refractivity contribution in [3.05, 3.63) is 46.7 Å². The van der Waals surface area contributed by atoms with Crippen LogP contribution in [0.15, 0.2) is 35.5 Å². The van der Waals surface area contributed by atoms with Crippen LogP contribution in [0, 0.1) is 6.92 Å². The predicted molar refractivity (Wildman–Crippen MR) is 126 cm³/mol. The molecule has 4 amide bonds. The van der Waals surface area contributed by atoms with Gasteiger partial charge in [0.15, 0.2) is 0 Å². The summed E-state index contributed by atoms with van der Waals surface area (Å²) < 4.78 is 5.39. The Morgan fingerprint density at radius 3 is 2.36 bits per heavy atom. The summed E-state index contributed by atoms with van der Waals surface area (Å²) in [5, 5.41) is 5.87. The minimum atomic E-state index is -0.582. The van der Waals surface area contributed by atoms with Crippen LogP contribution in [0.1, 0.15) is 37.9 Å². The van der Waals surface area contributed by atoms with E-state index in [1.54, 1.807) is 18.9 Å². The molecular formula is C24H35N5O4. The van der Waals surface area contributed by atoms with Crippen LogP contribution < -0.4 is 10.6 Å². The van der Waals surface area contributed by atoms with Crippen LogP contribution in [-0.4, -0.2) is 85.2 Å². The Kier molecular flexibility index (Phi) is 7.97. The first kappa shape index (κ1) is 24.6. The summed E-state index contributed by atoms with van der Waals surface area (Å²) >= 11 is 0. The second-order valence-electron chi connectivity index (χ2n) is 8.80. The van der Waals surface area contributed by atoms with E-state index in [9.17, 15) is 14.4 Å². The van der Waals surface area contributed by atoms with Crippen LogP contribution in [-0.2, 0) is 9.53 Å². The molecule has 1 atom stereocenters. The number of benzene rings is 1. The van der Waals surface area contributed by atoms with Crippen LogP contribution in [0.2, 0.25) is 0 Å². The first-order valence-corrected chi connectivity index (χ1v) is 11.5. The number of aryl methyl sites for hydroxylation is 1. The molecule has 0 aliphatic carbocycles. The fourth-order valence-corrected chi connectivity index (χ4v) is 4.07. The molecule has 0 aromatic heterocycles. The number of amides is 4. The van der Waals surface area contributed by atoms with Gasteiger partial charge in [-0.05, 0) is 33.3 Å². The van der Waals surface area contributed by atoms with Crippen molar-refractivity contribution < 1.29 is 19.1 Å². The summed E-state index contributed by atoms with van der Waals surface area (Å²) in [4.78, 5) is 43.6. The van der Waals surface area contributed by atoms with Crippen molar-refractivity contribution in [2.24, 2.45) is 0 Å². The highest BCUT2D eigenvalue weighted by Crippen LogP contribution is 2.31. The average Bonchev–Trinajstić information content (AvgIpc) is 2.77. The van der Waals surface area contributed by atoms with Gasteiger partial charge in [-0.15, -0.1) is 0 Å². The zero-order valence-electron chi connectivity index (χ0n) is 20.2. The average molecular weight is 458 g/mol. The molecule has 1 saturated heterocycles. The zero-order valence-corrected chi connectivity index (χ0v) is 20.2. The van der Waals surface area contributed by atoms with E-state index in [2.05, 4.69) is 15.5 Å². The van der Waals surface area contributed by atoms with E-state index < -0.39 is 12.0 Å². The molecule has 3 rings (SSSR count). The molecule has 1 aromatic carbocycles. The van der Waals surface area contributed by atoms with Gasteiger partial charge in [0.1, 0.15) is 0 Å². The molecule has 33 heavy (non-hydrogen) atoms. The second kappa shape index (κ2) is 10.7. The number of piperazine rings is 1. The van der Waals surface area contributed by atoms with Crippen LogP contribution >= 0.6 is 0 Å². The van der Waals surface area contributed by atoms with E-state index >= 15 is 0 Å². The van der Waals surface area contributed by atoms with Crippen LogP contribution in [0.4, 0.5) is 9.59 Å². The first-order chi connectivity index (χ1) is 15.7. The SMILES string of the molecule is CCOC(=O)C1=C(CN2CCN(C(=O)NC(C)C)CC2)N(C)C(=O)NC1c1ccc(C)cc1. The molecule has 2 N–H and O–H groups in total. The molecule has 1 unspecified atom stereocenters. The maximum Gasteiger partial charge on any atom is 0.338 e. The minimum Gasteiger partial charge on any atom is -0.463 e. The van der Waals surface area contributed by atoms with E-state index in [4.69, 9.17) is 4.74 Å². The topological polar surface area (TPSA) is 94.2 Å². The molecule has 1 fully saturated rings. The third-order valence-corrected chi connectivity index (χ3v) is 5.93. The zero-order chi connectivity index (χ0) is 24.1. The summed E-state index contributed by atoms with van der Waals surface area (Å²) in [5.74, 6) is -0.431. The molecule has 9 nitrogen and oxygen atoms in total. The number of esters is 1. The van der Waals surface area contributed by atoms with Crippen molar-refractivity contribution in [2.45, 2.75) is 39.8 Å². The van der Waals surface area contributed by atoms with Gasteiger partial charge in [-0.2, -0.15) is 0 Å². The summed E-state index contributed by atoms with van der Waals surface area (Å²) in [5.41, 5.74) is 3.00. The monoisotopic (exact) mass is 457 g/mol. The Morgan fingerprint density at radius 1 is 1.15 bits per heavy atom. The van der Waals surface area contributed by atoms with E-state index in [1.165, 1.54) is 4.90 Å². The predicted octanol–water partition coefficient (Wildman–Crippen LogP) is 2.24. The van der Waals surface area contributed by atoms with Gasteiger partial charge in [0.2, 0.25) is 0 Å². The Morgan fingerprint density at radius 2 is 1.79 bits per heavy atom. The lowest BCUT2D eigenvalue weighted by Crippen LogP contribution is -2.55. The smallest absolute Gasteiger partial charge is 0.338 e. The Bertz CT molecular complexity index is 904. The Hall–Kier alpha value is -3.07. The number of urea groups is 2. The largest absolute Gasteiger partial charge is 0.463 e. The number of rotatable bonds is 6. The van der Waals surface area contributed by atoms with Crippen molar-refractivity contribution in [3.8, 4) is 0 Å². The Labute approximate surface area is 195 Å². The molecule has 9 heteroatoms. The van der Waals surface area contributed by atoms with Crippen molar-refractivity contribution in [2.75, 3.05) is 46.4 Å².